The van der Waals surface area contributed by atoms with Gasteiger partial charge in [-0.3, -0.25) is 14.3 Å². The van der Waals surface area contributed by atoms with E-state index >= 15 is 0 Å². The second-order valence-corrected chi connectivity index (χ2v) is 8.92. The summed E-state index contributed by atoms with van der Waals surface area (Å²) in [4.78, 5) is 26.0. The van der Waals surface area contributed by atoms with Crippen LogP contribution in [0.4, 0.5) is 27.6 Å². The first-order chi connectivity index (χ1) is 17.9. The van der Waals surface area contributed by atoms with Gasteiger partial charge in [-0.25, -0.2) is 8.78 Å². The lowest BCUT2D eigenvalue weighted by atomic mass is 9.93. The Hall–Kier alpha value is -4.32. The Morgan fingerprint density at radius 2 is 1.84 bits per heavy atom. The van der Waals surface area contributed by atoms with Gasteiger partial charge in [-0.2, -0.15) is 13.2 Å². The number of halogens is 6. The molecular weight excluding hydrogens is 533 g/mol. The SMILES string of the molecule is Cn1cc(-c2cc(NC(=O)c3cc(F)cc(C(F)(F)F)c3)c3c(c2)C(=O)NC3c2cc(F)ccc2Cl)nn1. The monoisotopic (exact) mass is 547 g/mol. The molecule has 5 rings (SSSR count). The molecule has 3 aromatic carbocycles. The molecule has 4 aromatic rings. The van der Waals surface area contributed by atoms with Crippen LogP contribution in [0, 0.1) is 11.6 Å². The van der Waals surface area contributed by atoms with Gasteiger partial charge in [0.2, 0.25) is 0 Å². The van der Waals surface area contributed by atoms with Gasteiger partial charge >= 0.3 is 6.18 Å². The summed E-state index contributed by atoms with van der Waals surface area (Å²) in [7, 11) is 1.61. The molecule has 0 aliphatic carbocycles. The van der Waals surface area contributed by atoms with Crippen molar-refractivity contribution in [1.82, 2.24) is 20.3 Å². The summed E-state index contributed by atoms with van der Waals surface area (Å²) in [5.41, 5.74) is -0.809. The molecule has 1 aliphatic heterocycles. The lowest BCUT2D eigenvalue weighted by Gasteiger charge is -2.19. The van der Waals surface area contributed by atoms with Gasteiger partial charge in [-0.05, 0) is 48.5 Å². The van der Waals surface area contributed by atoms with Crippen molar-refractivity contribution in [3.05, 3.63) is 99.2 Å². The number of aromatic nitrogens is 3. The normalized spacial score (nSPS) is 14.8. The molecule has 0 fully saturated rings. The highest BCUT2D eigenvalue weighted by Crippen LogP contribution is 2.41. The number of benzene rings is 3. The van der Waals surface area contributed by atoms with Gasteiger partial charge in [0.05, 0.1) is 17.8 Å². The molecule has 13 heteroatoms. The lowest BCUT2D eigenvalue weighted by Crippen LogP contribution is -2.21. The number of anilines is 1. The molecule has 1 atom stereocenters. The lowest BCUT2D eigenvalue weighted by molar-refractivity contribution is -0.137. The van der Waals surface area contributed by atoms with E-state index in [9.17, 15) is 31.5 Å². The number of hydrogen-bond acceptors (Lipinski definition) is 4. The van der Waals surface area contributed by atoms with E-state index in [2.05, 4.69) is 20.9 Å². The van der Waals surface area contributed by atoms with Crippen LogP contribution >= 0.6 is 11.6 Å². The number of rotatable bonds is 4. The fourth-order valence-electron chi connectivity index (χ4n) is 4.21. The molecule has 7 nitrogen and oxygen atoms in total. The maximum absolute atomic E-state index is 14.1. The van der Waals surface area contributed by atoms with Gasteiger partial charge in [0.1, 0.15) is 17.3 Å². The average molecular weight is 548 g/mol. The Morgan fingerprint density at radius 3 is 2.53 bits per heavy atom. The zero-order valence-corrected chi connectivity index (χ0v) is 20.0. The van der Waals surface area contributed by atoms with E-state index in [1.54, 1.807) is 13.2 Å². The highest BCUT2D eigenvalue weighted by Gasteiger charge is 2.36. The Morgan fingerprint density at radius 1 is 1.08 bits per heavy atom. The fourth-order valence-corrected chi connectivity index (χ4v) is 4.44. The van der Waals surface area contributed by atoms with Crippen molar-refractivity contribution in [3.63, 3.8) is 0 Å². The minimum Gasteiger partial charge on any atom is -0.341 e. The molecule has 1 unspecified atom stereocenters. The number of carbonyl (C=O) groups excluding carboxylic acids is 2. The van der Waals surface area contributed by atoms with Crippen LogP contribution in [0.1, 0.15) is 43.4 Å². The van der Waals surface area contributed by atoms with Crippen LogP contribution in [0.25, 0.3) is 11.3 Å². The first-order valence-corrected chi connectivity index (χ1v) is 11.3. The minimum absolute atomic E-state index is 0.00495. The van der Waals surface area contributed by atoms with E-state index in [4.69, 9.17) is 11.6 Å². The number of fused-ring (bicyclic) bond motifs is 1. The maximum atomic E-state index is 14.1. The molecule has 0 radical (unpaired) electrons. The Kier molecular flexibility index (Phi) is 6.14. The second-order valence-electron chi connectivity index (χ2n) is 8.52. The number of nitrogens with zero attached hydrogens (tertiary/aromatic N) is 3. The summed E-state index contributed by atoms with van der Waals surface area (Å²) in [6.45, 7) is 0. The van der Waals surface area contributed by atoms with Crippen LogP contribution in [-0.2, 0) is 13.2 Å². The molecule has 1 aromatic heterocycles. The van der Waals surface area contributed by atoms with Crippen LogP contribution < -0.4 is 10.6 Å². The van der Waals surface area contributed by atoms with E-state index in [0.29, 0.717) is 23.4 Å². The molecule has 0 spiro atoms. The highest BCUT2D eigenvalue weighted by molar-refractivity contribution is 6.31. The summed E-state index contributed by atoms with van der Waals surface area (Å²) >= 11 is 6.28. The third-order valence-corrected chi connectivity index (χ3v) is 6.24. The minimum atomic E-state index is -4.89. The highest BCUT2D eigenvalue weighted by atomic mass is 35.5. The van der Waals surface area contributed by atoms with Crippen molar-refractivity contribution in [2.45, 2.75) is 12.2 Å². The molecule has 0 saturated heterocycles. The van der Waals surface area contributed by atoms with Crippen molar-refractivity contribution in [3.8, 4) is 11.3 Å². The predicted molar refractivity (Wildman–Crippen MR) is 127 cm³/mol. The molecule has 1 aliphatic rings. The molecule has 0 bridgehead atoms. The second kappa shape index (κ2) is 9.21. The van der Waals surface area contributed by atoms with Crippen LogP contribution in [-0.4, -0.2) is 26.8 Å². The number of carbonyl (C=O) groups is 2. The zero-order chi connectivity index (χ0) is 27.4. The van der Waals surface area contributed by atoms with Crippen molar-refractivity contribution in [2.75, 3.05) is 5.32 Å². The summed E-state index contributed by atoms with van der Waals surface area (Å²) in [6.07, 6.45) is -3.34. The summed E-state index contributed by atoms with van der Waals surface area (Å²) in [5, 5.41) is 13.1. The van der Waals surface area contributed by atoms with Crippen molar-refractivity contribution < 1.29 is 31.5 Å². The van der Waals surface area contributed by atoms with Gasteiger partial charge in [0.25, 0.3) is 11.8 Å². The predicted octanol–water partition coefficient (Wildman–Crippen LogP) is 5.52. The fraction of sp³-hybridized carbons (Fsp3) is 0.120. The Balaban J connectivity index is 1.65. The zero-order valence-electron chi connectivity index (χ0n) is 19.2. The molecular formula is C25H15ClF5N5O2. The Labute approximate surface area is 216 Å². The van der Waals surface area contributed by atoms with E-state index in [1.807, 2.05) is 0 Å². The first kappa shape index (κ1) is 25.3. The molecule has 38 heavy (non-hydrogen) atoms. The third kappa shape index (κ3) is 4.70. The number of amides is 2. The van der Waals surface area contributed by atoms with Crippen LogP contribution in [0.3, 0.4) is 0 Å². The molecule has 2 N–H and O–H groups in total. The average Bonchev–Trinajstić information content (AvgIpc) is 3.43. The van der Waals surface area contributed by atoms with Gasteiger partial charge < -0.3 is 10.6 Å². The smallest absolute Gasteiger partial charge is 0.341 e. The summed E-state index contributed by atoms with van der Waals surface area (Å²) < 4.78 is 69.1. The van der Waals surface area contributed by atoms with Gasteiger partial charge in [-0.1, -0.05) is 16.8 Å². The molecule has 2 amide bonds. The number of hydrogen-bond donors (Lipinski definition) is 2. The molecule has 194 valence electrons. The van der Waals surface area contributed by atoms with Gasteiger partial charge in [0.15, 0.2) is 0 Å². The van der Waals surface area contributed by atoms with E-state index < -0.39 is 46.8 Å². The topological polar surface area (TPSA) is 88.9 Å². The molecule has 0 saturated carbocycles. The van der Waals surface area contributed by atoms with E-state index in [-0.39, 0.29) is 33.5 Å². The number of alkyl halides is 3. The first-order valence-electron chi connectivity index (χ1n) is 10.9. The van der Waals surface area contributed by atoms with Gasteiger partial charge in [0, 0.05) is 45.6 Å². The maximum Gasteiger partial charge on any atom is 0.416 e. The van der Waals surface area contributed by atoms with Crippen LogP contribution in [0.15, 0.2) is 54.7 Å². The van der Waals surface area contributed by atoms with E-state index in [0.717, 1.165) is 12.1 Å². The van der Waals surface area contributed by atoms with Crippen LogP contribution in [0.2, 0.25) is 5.02 Å². The number of nitrogens with one attached hydrogen (secondary N) is 2. The summed E-state index contributed by atoms with van der Waals surface area (Å²) in [5.74, 6) is -3.54. The largest absolute Gasteiger partial charge is 0.416 e. The van der Waals surface area contributed by atoms with E-state index in [1.165, 1.54) is 22.9 Å². The summed E-state index contributed by atoms with van der Waals surface area (Å²) in [6, 6.07) is 6.90. The third-order valence-electron chi connectivity index (χ3n) is 5.89. The van der Waals surface area contributed by atoms with Crippen molar-refractivity contribution in [1.29, 1.82) is 0 Å². The van der Waals surface area contributed by atoms with Crippen molar-refractivity contribution >= 4 is 29.1 Å². The quantitative estimate of drug-likeness (QED) is 0.329. The Bertz CT molecular complexity index is 1620. The number of aryl methyl sites for hydroxylation is 1. The van der Waals surface area contributed by atoms with Crippen LogP contribution in [0.5, 0.6) is 0 Å². The molecule has 2 heterocycles. The van der Waals surface area contributed by atoms with Crippen molar-refractivity contribution in [2.24, 2.45) is 7.05 Å². The standard InChI is InChI=1S/C25H15ClF5N5O2/c1-36-10-20(34-35-36)11-6-17-21(22(33-24(17)38)16-9-14(27)2-3-18(16)26)19(7-11)32-23(37)12-4-13(25(29,30)31)8-15(28)5-12/h2-10,22H,1H3,(H,32,37)(H,33,38). The van der Waals surface area contributed by atoms with Gasteiger partial charge in [-0.15, -0.1) is 5.10 Å².